The van der Waals surface area contributed by atoms with Gasteiger partial charge in [0.25, 0.3) is 5.91 Å². The number of anilines is 1. The van der Waals surface area contributed by atoms with Gasteiger partial charge in [-0.05, 0) is 75.0 Å². The molecule has 4 N–H and O–H groups in total. The second kappa shape index (κ2) is 9.26. The van der Waals surface area contributed by atoms with E-state index in [-0.39, 0.29) is 42.1 Å². The zero-order valence-corrected chi connectivity index (χ0v) is 22.1. The third kappa shape index (κ3) is 4.93. The summed E-state index contributed by atoms with van der Waals surface area (Å²) in [5.74, 6) is -1.90. The molecule has 0 bridgehead atoms. The third-order valence-electron chi connectivity index (χ3n) is 9.73. The molecule has 0 unspecified atom stereocenters. The number of benzene rings is 1. The molecule has 6 nitrogen and oxygen atoms in total. The summed E-state index contributed by atoms with van der Waals surface area (Å²) in [6.45, 7) is 3.81. The number of carbonyl (C=O) groups is 1. The Labute approximate surface area is 223 Å². The molecule has 2 heterocycles. The van der Waals surface area contributed by atoms with Crippen molar-refractivity contribution in [3.05, 3.63) is 47.7 Å². The number of aliphatic hydroxyl groups is 1. The van der Waals surface area contributed by atoms with Crippen LogP contribution in [0.25, 0.3) is 11.1 Å². The Hall–Kier alpha value is -2.58. The largest absolute Gasteiger partial charge is 0.390 e. The summed E-state index contributed by atoms with van der Waals surface area (Å²) in [6, 6.07) is 10.6. The minimum Gasteiger partial charge on any atom is -0.390 e. The van der Waals surface area contributed by atoms with Crippen LogP contribution in [0, 0.1) is 5.92 Å². The number of alkyl halides is 2. The standard InChI is InChI=1S/C30H38F2N4O2/c1-28(38)10-6-23(7-11-28)35-27(37)25-14-20(16-34-26(25)33)19-2-4-21(5-3-19)29-15-22(29)17-36(18-29)24-8-12-30(31,32)13-9-24/h2-5,14,16,22-24,38H,6-13,15,17-18H2,1H3,(H2,33,34)(H,35,37)/t22-,23?,28?,29+/m0/s1. The highest BCUT2D eigenvalue weighted by Crippen LogP contribution is 2.60. The number of halogens is 2. The number of aromatic nitrogens is 1. The zero-order chi connectivity index (χ0) is 26.7. The lowest BCUT2D eigenvalue weighted by molar-refractivity contribution is -0.0526. The summed E-state index contributed by atoms with van der Waals surface area (Å²) < 4.78 is 27.3. The number of nitrogens with one attached hydrogen (secondary N) is 1. The van der Waals surface area contributed by atoms with E-state index in [1.54, 1.807) is 12.3 Å². The Morgan fingerprint density at radius 2 is 1.76 bits per heavy atom. The molecule has 3 aliphatic carbocycles. The first-order valence-corrected chi connectivity index (χ1v) is 14.1. The van der Waals surface area contributed by atoms with E-state index >= 15 is 0 Å². The highest BCUT2D eigenvalue weighted by molar-refractivity contribution is 5.99. The second-order valence-corrected chi connectivity index (χ2v) is 12.6. The highest BCUT2D eigenvalue weighted by Gasteiger charge is 2.61. The fraction of sp³-hybridized carbons (Fsp3) is 0.600. The van der Waals surface area contributed by atoms with E-state index in [2.05, 4.69) is 39.5 Å². The van der Waals surface area contributed by atoms with Crippen LogP contribution in [0.3, 0.4) is 0 Å². The van der Waals surface area contributed by atoms with Crippen LogP contribution in [0.4, 0.5) is 14.6 Å². The van der Waals surface area contributed by atoms with Gasteiger partial charge in [0.2, 0.25) is 5.92 Å². The average Bonchev–Trinajstić information content (AvgIpc) is 3.46. The van der Waals surface area contributed by atoms with Crippen LogP contribution >= 0.6 is 0 Å². The van der Waals surface area contributed by atoms with Crippen molar-refractivity contribution in [1.29, 1.82) is 0 Å². The molecule has 2 aromatic rings. The van der Waals surface area contributed by atoms with Gasteiger partial charge in [0.15, 0.2) is 0 Å². The Balaban J connectivity index is 1.12. The molecular formula is C30H38F2N4O2. The van der Waals surface area contributed by atoms with Gasteiger partial charge < -0.3 is 16.2 Å². The van der Waals surface area contributed by atoms with Crippen LogP contribution in [-0.2, 0) is 5.41 Å². The smallest absolute Gasteiger partial charge is 0.255 e. The SMILES string of the molecule is CC1(O)CCC(NC(=O)c2cc(-c3ccc([C@]45C[C@H]4CN(C4CCC(F)(F)CC4)C5)cc3)cnc2N)CC1. The number of amides is 1. The van der Waals surface area contributed by atoms with Crippen LogP contribution < -0.4 is 11.1 Å². The van der Waals surface area contributed by atoms with Gasteiger partial charge >= 0.3 is 0 Å². The number of rotatable bonds is 5. The van der Waals surface area contributed by atoms with Crippen molar-refractivity contribution >= 4 is 11.7 Å². The van der Waals surface area contributed by atoms with Crippen LogP contribution in [0.1, 0.15) is 80.6 Å². The number of pyridine rings is 1. The quantitative estimate of drug-likeness (QED) is 0.517. The van der Waals surface area contributed by atoms with Crippen LogP contribution in [-0.4, -0.2) is 57.6 Å². The molecule has 6 rings (SSSR count). The number of carbonyl (C=O) groups excluding carboxylic acids is 1. The van der Waals surface area contributed by atoms with E-state index in [1.165, 1.54) is 5.56 Å². The third-order valence-corrected chi connectivity index (χ3v) is 9.73. The molecule has 2 atom stereocenters. The predicted octanol–water partition coefficient (Wildman–Crippen LogP) is 4.91. The lowest BCUT2D eigenvalue weighted by atomic mass is 9.83. The lowest BCUT2D eigenvalue weighted by Crippen LogP contribution is -2.42. The number of nitrogen functional groups attached to an aromatic ring is 1. The fourth-order valence-electron chi connectivity index (χ4n) is 7.09. The Bertz CT molecular complexity index is 1200. The molecule has 3 saturated carbocycles. The van der Waals surface area contributed by atoms with Crippen molar-refractivity contribution in [2.45, 2.75) is 93.7 Å². The number of hydrogen-bond acceptors (Lipinski definition) is 5. The van der Waals surface area contributed by atoms with E-state index in [9.17, 15) is 18.7 Å². The summed E-state index contributed by atoms with van der Waals surface area (Å²) in [5, 5.41) is 13.2. The van der Waals surface area contributed by atoms with Gasteiger partial charge in [-0.25, -0.2) is 13.8 Å². The average molecular weight is 525 g/mol. The maximum absolute atomic E-state index is 13.6. The summed E-state index contributed by atoms with van der Waals surface area (Å²) in [6.07, 6.45) is 6.87. The number of nitrogens with two attached hydrogens (primary N) is 1. The maximum atomic E-state index is 13.6. The van der Waals surface area contributed by atoms with Gasteiger partial charge in [0.1, 0.15) is 5.82 Å². The number of piperidine rings is 1. The molecule has 1 amide bonds. The van der Waals surface area contributed by atoms with E-state index < -0.39 is 11.5 Å². The van der Waals surface area contributed by atoms with Gasteiger partial charge in [-0.3, -0.25) is 9.69 Å². The molecule has 1 aromatic carbocycles. The molecule has 0 radical (unpaired) electrons. The molecule has 4 fully saturated rings. The van der Waals surface area contributed by atoms with Gasteiger partial charge in [-0.2, -0.15) is 0 Å². The van der Waals surface area contributed by atoms with E-state index in [0.29, 0.717) is 37.2 Å². The van der Waals surface area contributed by atoms with Crippen molar-refractivity contribution in [3.8, 4) is 11.1 Å². The minimum atomic E-state index is -2.48. The van der Waals surface area contributed by atoms with Crippen molar-refractivity contribution in [2.75, 3.05) is 18.8 Å². The molecule has 38 heavy (non-hydrogen) atoms. The normalized spacial score (nSPS) is 33.1. The van der Waals surface area contributed by atoms with E-state index in [4.69, 9.17) is 5.73 Å². The highest BCUT2D eigenvalue weighted by atomic mass is 19.3. The number of nitrogens with zero attached hydrogens (tertiary/aromatic N) is 2. The predicted molar refractivity (Wildman–Crippen MR) is 143 cm³/mol. The Morgan fingerprint density at radius 1 is 1.08 bits per heavy atom. The lowest BCUT2D eigenvalue weighted by Gasteiger charge is -2.36. The molecule has 1 saturated heterocycles. The van der Waals surface area contributed by atoms with Crippen LogP contribution in [0.5, 0.6) is 0 Å². The number of fused-ring (bicyclic) bond motifs is 1. The molecule has 1 aromatic heterocycles. The monoisotopic (exact) mass is 524 g/mol. The van der Waals surface area contributed by atoms with Crippen molar-refractivity contribution in [1.82, 2.24) is 15.2 Å². The van der Waals surface area contributed by atoms with Gasteiger partial charge in [-0.1, -0.05) is 24.3 Å². The fourth-order valence-corrected chi connectivity index (χ4v) is 7.09. The van der Waals surface area contributed by atoms with Gasteiger partial charge in [0, 0.05) is 55.2 Å². The summed E-state index contributed by atoms with van der Waals surface area (Å²) in [4.78, 5) is 19.8. The van der Waals surface area contributed by atoms with Gasteiger partial charge in [0.05, 0.1) is 11.2 Å². The van der Waals surface area contributed by atoms with Gasteiger partial charge in [-0.15, -0.1) is 0 Å². The summed E-state index contributed by atoms with van der Waals surface area (Å²) in [7, 11) is 0. The van der Waals surface area contributed by atoms with E-state index in [1.807, 2.05) is 6.92 Å². The second-order valence-electron chi connectivity index (χ2n) is 12.6. The molecule has 1 aliphatic heterocycles. The summed E-state index contributed by atoms with van der Waals surface area (Å²) in [5.41, 5.74) is 9.06. The van der Waals surface area contributed by atoms with Crippen molar-refractivity contribution < 1.29 is 18.7 Å². The zero-order valence-electron chi connectivity index (χ0n) is 22.1. The maximum Gasteiger partial charge on any atom is 0.255 e. The molecule has 8 heteroatoms. The molecular weight excluding hydrogens is 486 g/mol. The first-order chi connectivity index (χ1) is 18.0. The number of likely N-dealkylation sites (tertiary alicyclic amines) is 1. The first-order valence-electron chi connectivity index (χ1n) is 14.1. The molecule has 204 valence electrons. The van der Waals surface area contributed by atoms with Crippen LogP contribution in [0.2, 0.25) is 0 Å². The molecule has 4 aliphatic rings. The van der Waals surface area contributed by atoms with E-state index in [0.717, 1.165) is 43.5 Å². The van der Waals surface area contributed by atoms with Crippen LogP contribution in [0.15, 0.2) is 36.5 Å². The molecule has 0 spiro atoms. The Kier molecular flexibility index (Phi) is 6.26. The minimum absolute atomic E-state index is 0.0128. The Morgan fingerprint density at radius 3 is 2.45 bits per heavy atom. The topological polar surface area (TPSA) is 91.5 Å². The number of hydrogen-bond donors (Lipinski definition) is 3. The van der Waals surface area contributed by atoms with Crippen molar-refractivity contribution in [3.63, 3.8) is 0 Å². The van der Waals surface area contributed by atoms with Crippen molar-refractivity contribution in [2.24, 2.45) is 5.92 Å². The first kappa shape index (κ1) is 25.7. The summed E-state index contributed by atoms with van der Waals surface area (Å²) >= 11 is 0.